The zero-order chi connectivity index (χ0) is 12.3. The molecule has 0 bridgehead atoms. The van der Waals surface area contributed by atoms with Crippen LogP contribution in [0.15, 0.2) is 18.2 Å². The highest BCUT2D eigenvalue weighted by Gasteiger charge is 2.23. The van der Waals surface area contributed by atoms with Crippen molar-refractivity contribution in [2.75, 3.05) is 5.32 Å². The lowest BCUT2D eigenvalue weighted by Crippen LogP contribution is -2.36. The maximum atomic E-state index is 9.86. The Labute approximate surface area is 106 Å². The van der Waals surface area contributed by atoms with Crippen LogP contribution in [-0.4, -0.2) is 17.3 Å². The average molecular weight is 251 g/mol. The van der Waals surface area contributed by atoms with Crippen LogP contribution >= 0.6 is 11.6 Å². The van der Waals surface area contributed by atoms with Gasteiger partial charge >= 0.3 is 0 Å². The Morgan fingerprint density at radius 3 is 2.76 bits per heavy atom. The molecule has 1 aliphatic carbocycles. The Bertz CT molecular complexity index is 442. The number of halogens is 1. The fourth-order valence-electron chi connectivity index (χ4n) is 2.18. The highest BCUT2D eigenvalue weighted by atomic mass is 35.5. The van der Waals surface area contributed by atoms with Crippen LogP contribution in [0.2, 0.25) is 5.02 Å². The summed E-state index contributed by atoms with van der Waals surface area (Å²) in [7, 11) is 0. The monoisotopic (exact) mass is 250 g/mol. The van der Waals surface area contributed by atoms with Gasteiger partial charge in [0, 0.05) is 0 Å². The predicted octanol–water partition coefficient (Wildman–Crippen LogP) is 2.93. The van der Waals surface area contributed by atoms with Crippen LogP contribution in [-0.2, 0) is 0 Å². The molecule has 2 atom stereocenters. The third kappa shape index (κ3) is 2.91. The fourth-order valence-corrected chi connectivity index (χ4v) is 2.42. The summed E-state index contributed by atoms with van der Waals surface area (Å²) in [6.45, 7) is 0. The van der Waals surface area contributed by atoms with Gasteiger partial charge in [0.05, 0.1) is 34.5 Å². The smallest absolute Gasteiger partial charge is 0.0992 e. The molecule has 0 heterocycles. The molecule has 1 fully saturated rings. The number of aliphatic hydroxyl groups is 1. The molecule has 2 N–H and O–H groups in total. The van der Waals surface area contributed by atoms with Crippen molar-refractivity contribution < 1.29 is 5.11 Å². The minimum atomic E-state index is -0.310. The lowest BCUT2D eigenvalue weighted by molar-refractivity contribution is 0.116. The molecule has 0 aromatic heterocycles. The van der Waals surface area contributed by atoms with Crippen molar-refractivity contribution in [2.24, 2.45) is 0 Å². The normalized spacial score (nSPS) is 24.1. The van der Waals surface area contributed by atoms with Gasteiger partial charge in [0.25, 0.3) is 0 Å². The van der Waals surface area contributed by atoms with Gasteiger partial charge in [-0.05, 0) is 31.0 Å². The van der Waals surface area contributed by atoms with Gasteiger partial charge in [-0.15, -0.1) is 0 Å². The molecular formula is C13H15ClN2O. The molecule has 1 saturated carbocycles. The molecule has 1 aliphatic rings. The van der Waals surface area contributed by atoms with E-state index in [0.717, 1.165) is 31.4 Å². The number of nitrogens with one attached hydrogen (secondary N) is 1. The number of anilines is 1. The molecule has 2 rings (SSSR count). The van der Waals surface area contributed by atoms with Crippen LogP contribution in [0.5, 0.6) is 0 Å². The van der Waals surface area contributed by atoms with Crippen molar-refractivity contribution in [3.8, 4) is 6.07 Å². The number of benzene rings is 1. The molecule has 90 valence electrons. The second-order valence-electron chi connectivity index (χ2n) is 4.41. The SMILES string of the molecule is N#Cc1ccc(N[C@@H]2CCCC[C@H]2O)c(Cl)c1. The van der Waals surface area contributed by atoms with Crippen molar-refractivity contribution in [3.63, 3.8) is 0 Å². The summed E-state index contributed by atoms with van der Waals surface area (Å²) in [6.07, 6.45) is 3.70. The molecular weight excluding hydrogens is 236 g/mol. The Hall–Kier alpha value is -1.24. The van der Waals surface area contributed by atoms with E-state index in [2.05, 4.69) is 5.32 Å². The van der Waals surface area contributed by atoms with Crippen molar-refractivity contribution in [1.29, 1.82) is 5.26 Å². The van der Waals surface area contributed by atoms with Gasteiger partial charge < -0.3 is 10.4 Å². The fraction of sp³-hybridized carbons (Fsp3) is 0.462. The Morgan fingerprint density at radius 1 is 1.35 bits per heavy atom. The van der Waals surface area contributed by atoms with Gasteiger partial charge in [-0.3, -0.25) is 0 Å². The maximum absolute atomic E-state index is 9.86. The lowest BCUT2D eigenvalue weighted by Gasteiger charge is -2.29. The molecule has 0 amide bonds. The van der Waals surface area contributed by atoms with E-state index in [-0.39, 0.29) is 12.1 Å². The van der Waals surface area contributed by atoms with E-state index in [1.165, 1.54) is 0 Å². The molecule has 0 radical (unpaired) electrons. The zero-order valence-electron chi connectivity index (χ0n) is 9.49. The summed E-state index contributed by atoms with van der Waals surface area (Å²) in [5.74, 6) is 0. The van der Waals surface area contributed by atoms with Crippen LogP contribution in [0, 0.1) is 11.3 Å². The number of nitrogens with zero attached hydrogens (tertiary/aromatic N) is 1. The minimum absolute atomic E-state index is 0.0641. The molecule has 0 unspecified atom stereocenters. The lowest BCUT2D eigenvalue weighted by atomic mass is 9.92. The van der Waals surface area contributed by atoms with Crippen molar-refractivity contribution in [2.45, 2.75) is 37.8 Å². The van der Waals surface area contributed by atoms with E-state index in [9.17, 15) is 5.11 Å². The van der Waals surface area contributed by atoms with Gasteiger partial charge in [-0.2, -0.15) is 5.26 Å². The summed E-state index contributed by atoms with van der Waals surface area (Å²) < 4.78 is 0. The molecule has 0 spiro atoms. The standard InChI is InChI=1S/C13H15ClN2O/c14-10-7-9(8-15)5-6-11(10)16-12-3-1-2-4-13(12)17/h5-7,12-13,16-17H,1-4H2/t12-,13-/m1/s1. The summed E-state index contributed by atoms with van der Waals surface area (Å²) in [5.41, 5.74) is 1.33. The largest absolute Gasteiger partial charge is 0.391 e. The predicted molar refractivity (Wildman–Crippen MR) is 68.1 cm³/mol. The van der Waals surface area contributed by atoms with E-state index in [0.29, 0.717) is 10.6 Å². The van der Waals surface area contributed by atoms with Crippen molar-refractivity contribution in [1.82, 2.24) is 0 Å². The summed E-state index contributed by atoms with van der Waals surface area (Å²) in [4.78, 5) is 0. The maximum Gasteiger partial charge on any atom is 0.0992 e. The molecule has 1 aromatic carbocycles. The highest BCUT2D eigenvalue weighted by Crippen LogP contribution is 2.27. The summed E-state index contributed by atoms with van der Waals surface area (Å²) in [5, 5.41) is 22.4. The van der Waals surface area contributed by atoms with Crippen LogP contribution in [0.3, 0.4) is 0 Å². The van der Waals surface area contributed by atoms with Crippen molar-refractivity contribution >= 4 is 17.3 Å². The minimum Gasteiger partial charge on any atom is -0.391 e. The number of hydrogen-bond donors (Lipinski definition) is 2. The molecule has 17 heavy (non-hydrogen) atoms. The van der Waals surface area contributed by atoms with E-state index >= 15 is 0 Å². The third-order valence-electron chi connectivity index (χ3n) is 3.17. The highest BCUT2D eigenvalue weighted by molar-refractivity contribution is 6.33. The zero-order valence-corrected chi connectivity index (χ0v) is 10.2. The topological polar surface area (TPSA) is 56.0 Å². The molecule has 0 aliphatic heterocycles. The summed E-state index contributed by atoms with van der Waals surface area (Å²) in [6, 6.07) is 7.27. The van der Waals surface area contributed by atoms with E-state index < -0.39 is 0 Å². The quantitative estimate of drug-likeness (QED) is 0.849. The van der Waals surface area contributed by atoms with Gasteiger partial charge in [-0.25, -0.2) is 0 Å². The second-order valence-corrected chi connectivity index (χ2v) is 4.82. The number of nitriles is 1. The molecule has 4 heteroatoms. The first-order valence-electron chi connectivity index (χ1n) is 5.85. The number of hydrogen-bond acceptors (Lipinski definition) is 3. The first kappa shape index (κ1) is 12.2. The van der Waals surface area contributed by atoms with E-state index in [1.807, 2.05) is 6.07 Å². The Kier molecular flexibility index (Phi) is 3.88. The van der Waals surface area contributed by atoms with Gasteiger partial charge in [0.1, 0.15) is 0 Å². The second kappa shape index (κ2) is 5.39. The van der Waals surface area contributed by atoms with Gasteiger partial charge in [0.2, 0.25) is 0 Å². The Morgan fingerprint density at radius 2 is 2.12 bits per heavy atom. The average Bonchev–Trinajstić information content (AvgIpc) is 2.34. The van der Waals surface area contributed by atoms with E-state index in [1.54, 1.807) is 18.2 Å². The number of rotatable bonds is 2. The first-order chi connectivity index (χ1) is 8.20. The van der Waals surface area contributed by atoms with Crippen LogP contribution in [0.4, 0.5) is 5.69 Å². The molecule has 3 nitrogen and oxygen atoms in total. The van der Waals surface area contributed by atoms with E-state index in [4.69, 9.17) is 16.9 Å². The molecule has 1 aromatic rings. The number of aliphatic hydroxyl groups excluding tert-OH is 1. The van der Waals surface area contributed by atoms with Crippen LogP contribution in [0.25, 0.3) is 0 Å². The van der Waals surface area contributed by atoms with Crippen molar-refractivity contribution in [3.05, 3.63) is 28.8 Å². The van der Waals surface area contributed by atoms with Gasteiger partial charge in [0.15, 0.2) is 0 Å². The van der Waals surface area contributed by atoms with Crippen LogP contribution in [0.1, 0.15) is 31.2 Å². The first-order valence-corrected chi connectivity index (χ1v) is 6.23. The summed E-state index contributed by atoms with van der Waals surface area (Å²) >= 11 is 6.08. The van der Waals surface area contributed by atoms with Gasteiger partial charge in [-0.1, -0.05) is 24.4 Å². The molecule has 0 saturated heterocycles. The van der Waals surface area contributed by atoms with Crippen LogP contribution < -0.4 is 5.32 Å². The third-order valence-corrected chi connectivity index (χ3v) is 3.48. The Balaban J connectivity index is 2.10.